The molecule has 1 aromatic heterocycles. The predicted octanol–water partition coefficient (Wildman–Crippen LogP) is 2.89. The highest BCUT2D eigenvalue weighted by atomic mass is 32.1. The lowest BCUT2D eigenvalue weighted by Crippen LogP contribution is -2.16. The molecule has 0 saturated carbocycles. The minimum absolute atomic E-state index is 0.151. The van der Waals surface area contributed by atoms with E-state index >= 15 is 0 Å². The molecule has 1 heterocycles. The van der Waals surface area contributed by atoms with Crippen molar-refractivity contribution in [3.63, 3.8) is 0 Å². The summed E-state index contributed by atoms with van der Waals surface area (Å²) in [6, 6.07) is 4.66. The average molecular weight is 304 g/mol. The molecule has 1 aromatic carbocycles. The maximum Gasteiger partial charge on any atom is 0.335 e. The largest absolute Gasteiger partial charge is 0.478 e. The fraction of sp³-hybridized carbons (Fsp3) is 0.267. The van der Waals surface area contributed by atoms with E-state index < -0.39 is 5.97 Å². The third kappa shape index (κ3) is 3.88. The van der Waals surface area contributed by atoms with Crippen molar-refractivity contribution in [2.24, 2.45) is 0 Å². The number of amides is 1. The maximum absolute atomic E-state index is 12.0. The normalized spacial score (nSPS) is 10.4. The van der Waals surface area contributed by atoms with Gasteiger partial charge in [-0.25, -0.2) is 9.78 Å². The lowest BCUT2D eigenvalue weighted by molar-refractivity contribution is -0.115. The Morgan fingerprint density at radius 1 is 1.38 bits per heavy atom. The van der Waals surface area contributed by atoms with E-state index in [0.29, 0.717) is 5.69 Å². The van der Waals surface area contributed by atoms with E-state index in [-0.39, 0.29) is 17.9 Å². The fourth-order valence-electron chi connectivity index (χ4n) is 1.84. The molecule has 0 spiro atoms. The Kier molecular flexibility index (Phi) is 4.70. The maximum atomic E-state index is 12.0. The zero-order valence-electron chi connectivity index (χ0n) is 11.8. The number of hydrogen-bond donors (Lipinski definition) is 2. The molecule has 6 heteroatoms. The summed E-state index contributed by atoms with van der Waals surface area (Å²) < 4.78 is 0. The predicted molar refractivity (Wildman–Crippen MR) is 82.0 cm³/mol. The van der Waals surface area contributed by atoms with E-state index in [4.69, 9.17) is 5.11 Å². The number of aromatic carboxylic acids is 1. The summed E-state index contributed by atoms with van der Waals surface area (Å²) in [6.07, 6.45) is 1.04. The van der Waals surface area contributed by atoms with E-state index in [1.54, 1.807) is 6.07 Å². The molecule has 5 nitrogen and oxygen atoms in total. The van der Waals surface area contributed by atoms with Crippen molar-refractivity contribution in [3.05, 3.63) is 45.4 Å². The van der Waals surface area contributed by atoms with Crippen molar-refractivity contribution in [2.75, 3.05) is 5.32 Å². The van der Waals surface area contributed by atoms with E-state index in [9.17, 15) is 9.59 Å². The number of benzene rings is 1. The Hall–Kier alpha value is -2.21. The smallest absolute Gasteiger partial charge is 0.335 e. The van der Waals surface area contributed by atoms with Gasteiger partial charge in [0.25, 0.3) is 0 Å². The number of hydrogen-bond acceptors (Lipinski definition) is 4. The first-order valence-electron chi connectivity index (χ1n) is 6.56. The van der Waals surface area contributed by atoms with Gasteiger partial charge in [0.05, 0.1) is 22.7 Å². The monoisotopic (exact) mass is 304 g/mol. The van der Waals surface area contributed by atoms with Crippen molar-refractivity contribution in [1.29, 1.82) is 0 Å². The molecule has 0 fully saturated rings. The van der Waals surface area contributed by atoms with Crippen molar-refractivity contribution in [3.8, 4) is 0 Å². The molecule has 0 unspecified atom stereocenters. The Morgan fingerprint density at radius 2 is 2.14 bits per heavy atom. The number of nitrogens with zero attached hydrogens (tertiary/aromatic N) is 1. The molecule has 0 bridgehead atoms. The van der Waals surface area contributed by atoms with Crippen molar-refractivity contribution < 1.29 is 14.7 Å². The standard InChI is InChI=1S/C15H16N2O3S/c1-3-14-16-11(8-21-14)7-13(18)17-12-6-10(15(19)20)5-4-9(12)2/h4-6,8H,3,7H2,1-2H3,(H,17,18)(H,19,20). The van der Waals surface area contributed by atoms with Crippen LogP contribution in [0, 0.1) is 6.92 Å². The third-order valence-electron chi connectivity index (χ3n) is 3.00. The van der Waals surface area contributed by atoms with Crippen LogP contribution < -0.4 is 5.32 Å². The van der Waals surface area contributed by atoms with Gasteiger partial charge in [-0.3, -0.25) is 4.79 Å². The second-order valence-corrected chi connectivity index (χ2v) is 5.59. The molecule has 0 aliphatic heterocycles. The number of rotatable bonds is 5. The second kappa shape index (κ2) is 6.49. The number of aryl methyl sites for hydroxylation is 2. The van der Waals surface area contributed by atoms with E-state index in [2.05, 4.69) is 10.3 Å². The molecule has 2 N–H and O–H groups in total. The third-order valence-corrected chi connectivity index (χ3v) is 4.04. The van der Waals surface area contributed by atoms with Crippen LogP contribution in [-0.4, -0.2) is 22.0 Å². The minimum Gasteiger partial charge on any atom is -0.478 e. The first kappa shape index (κ1) is 15.2. The summed E-state index contributed by atoms with van der Waals surface area (Å²) in [5.41, 5.74) is 2.23. The number of aromatic nitrogens is 1. The lowest BCUT2D eigenvalue weighted by atomic mass is 10.1. The Morgan fingerprint density at radius 3 is 2.76 bits per heavy atom. The van der Waals surface area contributed by atoms with Gasteiger partial charge >= 0.3 is 5.97 Å². The van der Waals surface area contributed by atoms with Crippen molar-refractivity contribution in [2.45, 2.75) is 26.7 Å². The number of carbonyl (C=O) groups is 2. The van der Waals surface area contributed by atoms with E-state index in [1.807, 2.05) is 19.2 Å². The van der Waals surface area contributed by atoms with Gasteiger partial charge in [-0.2, -0.15) is 0 Å². The van der Waals surface area contributed by atoms with E-state index in [0.717, 1.165) is 22.7 Å². The van der Waals surface area contributed by atoms with Gasteiger partial charge in [0.2, 0.25) is 5.91 Å². The molecule has 2 aromatic rings. The highest BCUT2D eigenvalue weighted by Gasteiger charge is 2.11. The molecule has 2 rings (SSSR count). The molecule has 1 amide bonds. The highest BCUT2D eigenvalue weighted by molar-refractivity contribution is 7.09. The molecule has 21 heavy (non-hydrogen) atoms. The number of carboxylic acids is 1. The quantitative estimate of drug-likeness (QED) is 0.890. The van der Waals surface area contributed by atoms with Crippen LogP contribution in [0.3, 0.4) is 0 Å². The molecule has 0 saturated heterocycles. The number of anilines is 1. The van der Waals surface area contributed by atoms with Gasteiger partial charge in [0.15, 0.2) is 0 Å². The molecule has 0 aliphatic rings. The zero-order valence-corrected chi connectivity index (χ0v) is 12.7. The first-order valence-corrected chi connectivity index (χ1v) is 7.44. The zero-order chi connectivity index (χ0) is 15.4. The van der Waals surface area contributed by atoms with Gasteiger partial charge in [0, 0.05) is 11.1 Å². The Labute approximate surface area is 126 Å². The van der Waals surface area contributed by atoms with Crippen LogP contribution in [-0.2, 0) is 17.6 Å². The van der Waals surface area contributed by atoms with Crippen LogP contribution in [0.1, 0.15) is 33.5 Å². The molecular formula is C15H16N2O3S. The van der Waals surface area contributed by atoms with Crippen LogP contribution in [0.25, 0.3) is 0 Å². The van der Waals surface area contributed by atoms with Crippen LogP contribution in [0.15, 0.2) is 23.6 Å². The van der Waals surface area contributed by atoms with Crippen LogP contribution in [0.5, 0.6) is 0 Å². The summed E-state index contributed by atoms with van der Waals surface area (Å²) in [7, 11) is 0. The fourth-order valence-corrected chi connectivity index (χ4v) is 2.59. The topological polar surface area (TPSA) is 79.3 Å². The number of carbonyl (C=O) groups excluding carboxylic acids is 1. The van der Waals surface area contributed by atoms with Crippen LogP contribution in [0.2, 0.25) is 0 Å². The van der Waals surface area contributed by atoms with Crippen LogP contribution >= 0.6 is 11.3 Å². The Balaban J connectivity index is 2.08. The number of nitrogens with one attached hydrogen (secondary N) is 1. The number of carboxylic acid groups (broad SMARTS) is 1. The molecular weight excluding hydrogens is 288 g/mol. The summed E-state index contributed by atoms with van der Waals surface area (Å²) in [6.45, 7) is 3.84. The summed E-state index contributed by atoms with van der Waals surface area (Å²) in [5.74, 6) is -1.22. The SMILES string of the molecule is CCc1nc(CC(=O)Nc2cc(C(=O)O)ccc2C)cs1. The summed E-state index contributed by atoms with van der Waals surface area (Å²) in [4.78, 5) is 27.3. The number of thiazole rings is 1. The van der Waals surface area contributed by atoms with E-state index in [1.165, 1.54) is 23.5 Å². The van der Waals surface area contributed by atoms with Crippen LogP contribution in [0.4, 0.5) is 5.69 Å². The first-order chi connectivity index (χ1) is 9.99. The van der Waals surface area contributed by atoms with Gasteiger partial charge in [-0.1, -0.05) is 13.0 Å². The summed E-state index contributed by atoms with van der Waals surface area (Å²) in [5, 5.41) is 14.6. The lowest BCUT2D eigenvalue weighted by Gasteiger charge is -2.08. The second-order valence-electron chi connectivity index (χ2n) is 4.65. The van der Waals surface area contributed by atoms with Gasteiger partial charge in [-0.05, 0) is 31.0 Å². The minimum atomic E-state index is -1.02. The van der Waals surface area contributed by atoms with Crippen molar-refractivity contribution in [1.82, 2.24) is 4.98 Å². The summed E-state index contributed by atoms with van der Waals surface area (Å²) >= 11 is 1.54. The van der Waals surface area contributed by atoms with Crippen molar-refractivity contribution >= 4 is 28.9 Å². The molecule has 0 radical (unpaired) electrons. The molecule has 0 atom stereocenters. The van der Waals surface area contributed by atoms with Gasteiger partial charge in [0.1, 0.15) is 0 Å². The molecule has 110 valence electrons. The highest BCUT2D eigenvalue weighted by Crippen LogP contribution is 2.18. The van der Waals surface area contributed by atoms with Gasteiger partial charge in [-0.15, -0.1) is 11.3 Å². The molecule has 0 aliphatic carbocycles. The van der Waals surface area contributed by atoms with Gasteiger partial charge < -0.3 is 10.4 Å². The Bertz CT molecular complexity index is 679. The average Bonchev–Trinajstić information content (AvgIpc) is 2.88.